The van der Waals surface area contributed by atoms with Crippen LogP contribution in [-0.2, 0) is 9.59 Å². The second-order valence-corrected chi connectivity index (χ2v) is 20.4. The molecule has 0 bridgehead atoms. The van der Waals surface area contributed by atoms with Crippen LogP contribution in [0.2, 0.25) is 0 Å². The van der Waals surface area contributed by atoms with Crippen molar-refractivity contribution in [1.82, 2.24) is 0 Å². The number of nitrogens with one attached hydrogen (secondary N) is 2. The summed E-state index contributed by atoms with van der Waals surface area (Å²) in [5.41, 5.74) is 1.59. The van der Waals surface area contributed by atoms with Crippen LogP contribution in [0, 0.1) is 0 Å². The Labute approximate surface area is 427 Å². The second kappa shape index (κ2) is 41.8. The molecule has 0 spiro atoms. The number of likely N-dealkylation sites (N-methyl/N-ethyl adjacent to an activating group) is 2. The van der Waals surface area contributed by atoms with E-state index in [9.17, 15) is 9.59 Å². The van der Waals surface area contributed by atoms with E-state index < -0.39 is 0 Å². The summed E-state index contributed by atoms with van der Waals surface area (Å²) in [6, 6.07) is 15.5. The van der Waals surface area contributed by atoms with Gasteiger partial charge in [-0.1, -0.05) is 181 Å². The van der Waals surface area contributed by atoms with E-state index in [1.807, 2.05) is 48.5 Å². The topological polar surface area (TPSA) is 76.7 Å². The average Bonchev–Trinajstić information content (AvgIpc) is 3.26. The minimum absolute atomic E-state index is 0. The smallest absolute Gasteiger partial charge is 0.279 e. The highest BCUT2D eigenvalue weighted by Gasteiger charge is 2.23. The van der Waals surface area contributed by atoms with Crippen LogP contribution in [0.5, 0.6) is 11.5 Å². The second-order valence-electron chi connectivity index (χ2n) is 20.4. The minimum atomic E-state index is 0. The summed E-state index contributed by atoms with van der Waals surface area (Å²) in [7, 11) is 8.44. The molecule has 0 unspecified atom stereocenters. The van der Waals surface area contributed by atoms with Crippen LogP contribution in [0.4, 0.5) is 11.4 Å². The number of ether oxygens (including phenoxy) is 2. The number of anilines is 2. The van der Waals surface area contributed by atoms with Gasteiger partial charge in [-0.15, -0.1) is 0 Å². The fraction of sp³-hybridized carbons (Fsp3) is 0.750. The maximum Gasteiger partial charge on any atom is 0.279 e. The molecule has 2 N–H and O–H groups in total. The molecule has 0 atom stereocenters. The number of hydrogen-bond donors (Lipinski definition) is 2. The summed E-state index contributed by atoms with van der Waals surface area (Å²) >= 11 is 0. The molecule has 0 aliphatic rings. The SMILES string of the molecule is CCCCCCCCCCCCCCCCOc1ccc(NC(=O)C[N+](C)(C)CCCC[N+](C)(C)CC(=O)Nc2ccc(OCCCCCCCCCCCCCCCC)cc2)cc1.[Br-].[Br-]. The van der Waals surface area contributed by atoms with Crippen LogP contribution >= 0.6 is 0 Å². The van der Waals surface area contributed by atoms with Gasteiger partial charge in [0.1, 0.15) is 11.5 Å². The summed E-state index contributed by atoms with van der Waals surface area (Å²) in [5, 5.41) is 6.14. The van der Waals surface area contributed by atoms with E-state index in [0.29, 0.717) is 22.1 Å². The zero-order chi connectivity index (χ0) is 46.4. The number of quaternary nitrogens is 2. The molecule has 382 valence electrons. The molecule has 0 fully saturated rings. The number of carbonyl (C=O) groups is 2. The van der Waals surface area contributed by atoms with E-state index in [1.165, 1.54) is 167 Å². The van der Waals surface area contributed by atoms with Gasteiger partial charge in [0.05, 0.1) is 54.5 Å². The Hall–Kier alpha value is -2.14. The Morgan fingerprint density at radius 3 is 0.879 bits per heavy atom. The molecule has 2 aromatic carbocycles. The molecule has 10 heteroatoms. The van der Waals surface area contributed by atoms with Crippen molar-refractivity contribution in [2.75, 3.05) is 78.2 Å². The van der Waals surface area contributed by atoms with Crippen molar-refractivity contribution < 1.29 is 62.0 Å². The molecule has 2 amide bonds. The van der Waals surface area contributed by atoms with E-state index in [2.05, 4.69) is 52.7 Å². The Morgan fingerprint density at radius 1 is 0.379 bits per heavy atom. The van der Waals surface area contributed by atoms with E-state index in [4.69, 9.17) is 9.47 Å². The first kappa shape index (κ1) is 63.9. The maximum absolute atomic E-state index is 13.0. The first-order chi connectivity index (χ1) is 31.0. The van der Waals surface area contributed by atoms with Crippen molar-refractivity contribution >= 4 is 23.2 Å². The van der Waals surface area contributed by atoms with Crippen LogP contribution in [0.1, 0.15) is 206 Å². The van der Waals surface area contributed by atoms with Crippen molar-refractivity contribution in [2.24, 2.45) is 0 Å². The third-order valence-electron chi connectivity index (χ3n) is 12.7. The number of nitrogens with zero attached hydrogens (tertiary/aromatic N) is 2. The number of hydrogen-bond acceptors (Lipinski definition) is 4. The molecule has 66 heavy (non-hydrogen) atoms. The van der Waals surface area contributed by atoms with Gasteiger partial charge in [-0.05, 0) is 61.4 Å². The Kier molecular flexibility index (Phi) is 40.4. The fourth-order valence-electron chi connectivity index (χ4n) is 8.66. The lowest BCUT2D eigenvalue weighted by atomic mass is 10.0. The highest BCUT2D eigenvalue weighted by atomic mass is 79.9. The zero-order valence-electron chi connectivity index (χ0n) is 43.4. The van der Waals surface area contributed by atoms with Gasteiger partial charge in [0.25, 0.3) is 11.8 Å². The summed E-state index contributed by atoms with van der Waals surface area (Å²) in [4.78, 5) is 25.9. The summed E-state index contributed by atoms with van der Waals surface area (Å²) in [6.45, 7) is 8.63. The fourth-order valence-corrected chi connectivity index (χ4v) is 8.66. The van der Waals surface area contributed by atoms with Crippen molar-refractivity contribution in [3.8, 4) is 11.5 Å². The Bertz CT molecular complexity index is 1320. The number of unbranched alkanes of at least 4 members (excludes halogenated alkanes) is 27. The number of benzene rings is 2. The van der Waals surface area contributed by atoms with Gasteiger partial charge < -0.3 is 63.0 Å². The normalized spacial score (nSPS) is 11.4. The predicted octanol–water partition coefficient (Wildman–Crippen LogP) is 8.93. The van der Waals surface area contributed by atoms with Crippen LogP contribution in [0.25, 0.3) is 0 Å². The number of amides is 2. The first-order valence-electron chi connectivity index (χ1n) is 26.7. The lowest BCUT2D eigenvalue weighted by molar-refractivity contribution is -0.888. The largest absolute Gasteiger partial charge is 1.00 e. The van der Waals surface area contributed by atoms with E-state index in [1.54, 1.807) is 0 Å². The molecule has 0 saturated carbocycles. The van der Waals surface area contributed by atoms with Crippen LogP contribution in [0.3, 0.4) is 0 Å². The molecular formula is C56H100Br2N4O4. The van der Waals surface area contributed by atoms with E-state index >= 15 is 0 Å². The quantitative estimate of drug-likeness (QED) is 0.0515. The van der Waals surface area contributed by atoms with Gasteiger partial charge in [-0.2, -0.15) is 0 Å². The zero-order valence-corrected chi connectivity index (χ0v) is 46.5. The van der Waals surface area contributed by atoms with Crippen molar-refractivity contribution in [3.05, 3.63) is 48.5 Å². The van der Waals surface area contributed by atoms with Gasteiger partial charge in [0, 0.05) is 24.2 Å². The number of halogens is 2. The average molecular weight is 1050 g/mol. The first-order valence-corrected chi connectivity index (χ1v) is 26.7. The third kappa shape index (κ3) is 36.8. The molecule has 0 heterocycles. The van der Waals surface area contributed by atoms with E-state index in [0.717, 1.165) is 74.9 Å². The summed E-state index contributed by atoms with van der Waals surface area (Å²) in [5.74, 6) is 1.73. The van der Waals surface area contributed by atoms with Crippen LogP contribution in [0.15, 0.2) is 48.5 Å². The van der Waals surface area contributed by atoms with Gasteiger partial charge in [-0.25, -0.2) is 0 Å². The van der Waals surface area contributed by atoms with Crippen molar-refractivity contribution in [3.63, 3.8) is 0 Å². The third-order valence-corrected chi connectivity index (χ3v) is 12.7. The van der Waals surface area contributed by atoms with Gasteiger partial charge >= 0.3 is 0 Å². The van der Waals surface area contributed by atoms with Crippen LogP contribution in [-0.4, -0.2) is 88.4 Å². The maximum atomic E-state index is 13.0. The molecular weight excluding hydrogens is 952 g/mol. The monoisotopic (exact) mass is 1050 g/mol. The van der Waals surface area contributed by atoms with E-state index in [-0.39, 0.29) is 45.8 Å². The Morgan fingerprint density at radius 2 is 0.621 bits per heavy atom. The van der Waals surface area contributed by atoms with Gasteiger partial charge in [0.15, 0.2) is 13.1 Å². The molecule has 0 radical (unpaired) electrons. The molecule has 8 nitrogen and oxygen atoms in total. The van der Waals surface area contributed by atoms with Crippen molar-refractivity contribution in [1.29, 1.82) is 0 Å². The minimum Gasteiger partial charge on any atom is -1.00 e. The summed E-state index contributed by atoms with van der Waals surface area (Å²) in [6.07, 6.45) is 39.8. The molecule has 0 aromatic heterocycles. The highest BCUT2D eigenvalue weighted by molar-refractivity contribution is 5.92. The highest BCUT2D eigenvalue weighted by Crippen LogP contribution is 2.20. The van der Waals surface area contributed by atoms with Gasteiger partial charge in [0.2, 0.25) is 0 Å². The lowest BCUT2D eigenvalue weighted by Gasteiger charge is -2.31. The Balaban J connectivity index is 0.0000211. The summed E-state index contributed by atoms with van der Waals surface area (Å²) < 4.78 is 13.2. The molecule has 0 aliphatic carbocycles. The molecule has 2 aromatic rings. The molecule has 0 saturated heterocycles. The van der Waals surface area contributed by atoms with Crippen molar-refractivity contribution in [2.45, 2.75) is 206 Å². The lowest BCUT2D eigenvalue weighted by Crippen LogP contribution is -3.00. The van der Waals surface area contributed by atoms with Crippen LogP contribution < -0.4 is 54.1 Å². The number of rotatable bonds is 43. The predicted molar refractivity (Wildman–Crippen MR) is 275 cm³/mol. The van der Waals surface area contributed by atoms with Gasteiger partial charge in [-0.3, -0.25) is 9.59 Å². The number of carbonyl (C=O) groups excluding carboxylic acids is 2. The molecule has 2 rings (SSSR count). The molecule has 0 aliphatic heterocycles. The standard InChI is InChI=1S/C56H98N4O4.2BrH/c1-7-9-11-13-15-17-19-21-23-25-27-29-31-35-47-63-53-41-37-51(38-42-53)57-55(61)49-59(3,4)45-33-34-46-60(5,6)50-56(62)58-52-39-43-54(44-40-52)64-48-36-32-30-28-26-24-22-20-18-16-14-12-10-8-2;;/h37-44H,7-36,45-50H2,1-6H3;2*1H.